The SMILES string of the molecule is CCOc1ccc(-c2nc3c(s2)CCc2onc(-c4ccc(OC)cc4)c2-3)cc1. The van der Waals surface area contributed by atoms with Crippen LogP contribution in [0.2, 0.25) is 0 Å². The zero-order valence-electron chi connectivity index (χ0n) is 16.3. The molecular weight excluding hydrogens is 384 g/mol. The summed E-state index contributed by atoms with van der Waals surface area (Å²) in [6.07, 6.45) is 1.77. The summed E-state index contributed by atoms with van der Waals surface area (Å²) in [6, 6.07) is 16.0. The first kappa shape index (κ1) is 17.9. The molecule has 0 amide bonds. The monoisotopic (exact) mass is 404 g/mol. The van der Waals surface area contributed by atoms with Crippen molar-refractivity contribution in [2.24, 2.45) is 0 Å². The van der Waals surface area contributed by atoms with Crippen molar-refractivity contribution in [2.75, 3.05) is 13.7 Å². The van der Waals surface area contributed by atoms with Crippen molar-refractivity contribution < 1.29 is 14.0 Å². The van der Waals surface area contributed by atoms with Crippen molar-refractivity contribution in [2.45, 2.75) is 19.8 Å². The van der Waals surface area contributed by atoms with Gasteiger partial charge in [-0.15, -0.1) is 11.3 Å². The van der Waals surface area contributed by atoms with Crippen molar-refractivity contribution in [3.63, 3.8) is 0 Å². The van der Waals surface area contributed by atoms with Gasteiger partial charge < -0.3 is 14.0 Å². The summed E-state index contributed by atoms with van der Waals surface area (Å²) in [5.74, 6) is 2.60. The van der Waals surface area contributed by atoms with Crippen LogP contribution in [0, 0.1) is 0 Å². The molecule has 6 heteroatoms. The zero-order chi connectivity index (χ0) is 19.8. The molecule has 146 valence electrons. The minimum Gasteiger partial charge on any atom is -0.497 e. The Morgan fingerprint density at radius 1 is 0.931 bits per heavy atom. The van der Waals surface area contributed by atoms with E-state index in [1.54, 1.807) is 18.4 Å². The number of nitrogens with zero attached hydrogens (tertiary/aromatic N) is 2. The normalized spacial score (nSPS) is 12.3. The molecule has 2 aromatic heterocycles. The highest BCUT2D eigenvalue weighted by Crippen LogP contribution is 2.44. The van der Waals surface area contributed by atoms with E-state index < -0.39 is 0 Å². The third-order valence-corrected chi connectivity index (χ3v) is 6.22. The van der Waals surface area contributed by atoms with Crippen LogP contribution in [0.1, 0.15) is 17.6 Å². The molecule has 0 unspecified atom stereocenters. The molecule has 2 heterocycles. The summed E-state index contributed by atoms with van der Waals surface area (Å²) in [7, 11) is 1.66. The maximum Gasteiger partial charge on any atom is 0.147 e. The number of fused-ring (bicyclic) bond motifs is 3. The average Bonchev–Trinajstić information content (AvgIpc) is 3.38. The van der Waals surface area contributed by atoms with Crippen LogP contribution in [0.25, 0.3) is 33.1 Å². The molecule has 0 saturated carbocycles. The summed E-state index contributed by atoms with van der Waals surface area (Å²) in [4.78, 5) is 6.26. The minimum atomic E-state index is 0.662. The fraction of sp³-hybridized carbons (Fsp3) is 0.217. The van der Waals surface area contributed by atoms with Crippen LogP contribution in [0.4, 0.5) is 0 Å². The molecule has 0 saturated heterocycles. The largest absolute Gasteiger partial charge is 0.497 e. The molecule has 1 aliphatic carbocycles. The standard InChI is InChI=1S/C23H20N2O3S/c1-3-27-17-10-6-15(7-11-17)23-24-22-19(29-23)13-12-18-20(22)21(25-28-18)14-4-8-16(26-2)9-5-14/h4-11H,3,12-13H2,1-2H3. The van der Waals surface area contributed by atoms with Crippen LogP contribution >= 0.6 is 11.3 Å². The van der Waals surface area contributed by atoms with Gasteiger partial charge in [-0.25, -0.2) is 4.98 Å². The van der Waals surface area contributed by atoms with Gasteiger partial charge in [0.25, 0.3) is 0 Å². The van der Waals surface area contributed by atoms with E-state index in [-0.39, 0.29) is 0 Å². The second-order valence-electron chi connectivity index (χ2n) is 6.81. The molecule has 2 aromatic carbocycles. The third kappa shape index (κ3) is 3.19. The number of hydrogen-bond acceptors (Lipinski definition) is 6. The predicted molar refractivity (Wildman–Crippen MR) is 114 cm³/mol. The highest BCUT2D eigenvalue weighted by molar-refractivity contribution is 7.15. The summed E-state index contributed by atoms with van der Waals surface area (Å²) in [6.45, 7) is 2.65. The van der Waals surface area contributed by atoms with Crippen LogP contribution in [-0.2, 0) is 12.8 Å². The molecule has 0 aliphatic heterocycles. The van der Waals surface area contributed by atoms with E-state index in [4.69, 9.17) is 19.0 Å². The van der Waals surface area contributed by atoms with E-state index in [0.29, 0.717) is 6.61 Å². The number of methoxy groups -OCH3 is 1. The van der Waals surface area contributed by atoms with Crippen LogP contribution < -0.4 is 9.47 Å². The van der Waals surface area contributed by atoms with Crippen LogP contribution in [0.5, 0.6) is 11.5 Å². The fourth-order valence-electron chi connectivity index (χ4n) is 3.61. The quantitative estimate of drug-likeness (QED) is 0.431. The third-order valence-electron chi connectivity index (χ3n) is 5.05. The second kappa shape index (κ2) is 7.37. The summed E-state index contributed by atoms with van der Waals surface area (Å²) >= 11 is 1.74. The lowest BCUT2D eigenvalue weighted by atomic mass is 9.95. The summed E-state index contributed by atoms with van der Waals surface area (Å²) < 4.78 is 16.5. The van der Waals surface area contributed by atoms with Crippen LogP contribution in [0.3, 0.4) is 0 Å². The van der Waals surface area contributed by atoms with Gasteiger partial charge in [0.05, 0.1) is 25.0 Å². The van der Waals surface area contributed by atoms with Crippen molar-refractivity contribution in [1.29, 1.82) is 0 Å². The molecular formula is C23H20N2O3S. The average molecular weight is 404 g/mol. The van der Waals surface area contributed by atoms with Gasteiger partial charge in [-0.3, -0.25) is 0 Å². The Morgan fingerprint density at radius 3 is 2.38 bits per heavy atom. The van der Waals surface area contributed by atoms with Gasteiger partial charge in [0.15, 0.2) is 0 Å². The van der Waals surface area contributed by atoms with E-state index in [1.807, 2.05) is 43.3 Å². The molecule has 5 nitrogen and oxygen atoms in total. The first-order chi connectivity index (χ1) is 14.3. The predicted octanol–water partition coefficient (Wildman–Crippen LogP) is 5.64. The second-order valence-corrected chi connectivity index (χ2v) is 7.89. The van der Waals surface area contributed by atoms with Crippen molar-refractivity contribution >= 4 is 11.3 Å². The Bertz CT molecular complexity index is 1140. The van der Waals surface area contributed by atoms with Crippen molar-refractivity contribution in [3.05, 3.63) is 59.2 Å². The van der Waals surface area contributed by atoms with Gasteiger partial charge in [0, 0.05) is 22.4 Å². The van der Waals surface area contributed by atoms with Gasteiger partial charge in [-0.05, 0) is 61.9 Å². The van der Waals surface area contributed by atoms with E-state index in [2.05, 4.69) is 17.3 Å². The van der Waals surface area contributed by atoms with E-state index in [1.165, 1.54) is 4.88 Å². The van der Waals surface area contributed by atoms with E-state index in [9.17, 15) is 0 Å². The minimum absolute atomic E-state index is 0.662. The van der Waals surface area contributed by atoms with Crippen molar-refractivity contribution in [1.82, 2.24) is 10.1 Å². The lowest BCUT2D eigenvalue weighted by molar-refractivity contribution is 0.340. The maximum absolute atomic E-state index is 5.68. The molecule has 0 atom stereocenters. The Labute approximate surface area is 172 Å². The number of benzene rings is 2. The lowest BCUT2D eigenvalue weighted by Crippen LogP contribution is -2.00. The molecule has 0 radical (unpaired) electrons. The maximum atomic E-state index is 5.68. The Morgan fingerprint density at radius 2 is 1.66 bits per heavy atom. The smallest absolute Gasteiger partial charge is 0.147 e. The first-order valence-corrected chi connectivity index (χ1v) is 10.4. The van der Waals surface area contributed by atoms with Gasteiger partial charge in [0.2, 0.25) is 0 Å². The van der Waals surface area contributed by atoms with Gasteiger partial charge in [-0.2, -0.15) is 0 Å². The summed E-state index contributed by atoms with van der Waals surface area (Å²) in [5, 5.41) is 5.38. The highest BCUT2D eigenvalue weighted by atomic mass is 32.1. The zero-order valence-corrected chi connectivity index (χ0v) is 17.1. The van der Waals surface area contributed by atoms with E-state index in [0.717, 1.165) is 63.2 Å². The highest BCUT2D eigenvalue weighted by Gasteiger charge is 2.29. The molecule has 5 rings (SSSR count). The number of rotatable bonds is 5. The van der Waals surface area contributed by atoms with Gasteiger partial charge in [0.1, 0.15) is 28.0 Å². The van der Waals surface area contributed by atoms with E-state index >= 15 is 0 Å². The molecule has 0 bridgehead atoms. The Kier molecular flexibility index (Phi) is 4.56. The summed E-state index contributed by atoms with van der Waals surface area (Å²) in [5.41, 5.74) is 4.94. The number of hydrogen-bond donors (Lipinski definition) is 0. The first-order valence-electron chi connectivity index (χ1n) is 9.63. The fourth-order valence-corrected chi connectivity index (χ4v) is 4.69. The number of ether oxygens (including phenoxy) is 2. The molecule has 1 aliphatic rings. The molecule has 4 aromatic rings. The molecule has 0 fully saturated rings. The molecule has 0 spiro atoms. The van der Waals surface area contributed by atoms with Crippen LogP contribution in [-0.4, -0.2) is 23.9 Å². The Balaban J connectivity index is 1.54. The van der Waals surface area contributed by atoms with Crippen molar-refractivity contribution in [3.8, 4) is 44.6 Å². The Hall–Kier alpha value is -3.12. The lowest BCUT2D eigenvalue weighted by Gasteiger charge is -2.09. The van der Waals surface area contributed by atoms with Gasteiger partial charge in [-0.1, -0.05) is 5.16 Å². The number of aryl methyl sites for hydroxylation is 2. The molecule has 0 N–H and O–H groups in total. The van der Waals surface area contributed by atoms with Gasteiger partial charge >= 0.3 is 0 Å². The van der Waals surface area contributed by atoms with Crippen LogP contribution in [0.15, 0.2) is 53.1 Å². The topological polar surface area (TPSA) is 57.4 Å². The number of thiazole rings is 1. The number of aromatic nitrogens is 2. The molecule has 29 heavy (non-hydrogen) atoms.